The number of quaternary nitrogens is 1. The van der Waals surface area contributed by atoms with Gasteiger partial charge in [0.15, 0.2) is 28.8 Å². The molecule has 5 fully saturated rings. The summed E-state index contributed by atoms with van der Waals surface area (Å²) >= 11 is 0.388. The van der Waals surface area contributed by atoms with Crippen LogP contribution in [0.15, 0.2) is 54.1 Å². The van der Waals surface area contributed by atoms with Gasteiger partial charge in [0, 0.05) is 47.8 Å². The topological polar surface area (TPSA) is 133 Å². The monoisotopic (exact) mass is 953 g/mol. The third kappa shape index (κ3) is 8.38. The number of likely N-dealkylation sites (tertiary alicyclic amines) is 1. The number of allylic oxidation sites excluding steroid dienone is 4. The molecule has 1 aliphatic heterocycles. The Bertz CT molecular complexity index is 1930. The summed E-state index contributed by atoms with van der Waals surface area (Å²) in [5.74, 6) is -4.61. The van der Waals surface area contributed by atoms with Crippen LogP contribution < -0.4 is 17.0 Å². The number of hydrogen-bond acceptors (Lipinski definition) is 10. The molecule has 11 atom stereocenters. The Hall–Kier alpha value is -3.01. The molecule has 1 saturated heterocycles. The standard InChI is InChI=1S/C28H35F3O6S.C19H28NO3.BrH/c1-6-22(33)36-21-13-26(5)17(10-15(3)28(26,24(35)38-14-29)37-23(34)7-2)18-12-20(30)19-11-16(32)8-9-25(19,4)27(18,21)31;1-20(2)13-12-17(14-20)23-18(21)19(22,16-10-6-7-11-16)15-8-4-3-5-9-15;/h8-9,11,15,17-18,20-21H,6-7,10,12-14H2,1-5H3;3-5,8-9,16-17,22H,6-7,10-14H2,1-2H3;1H/q;+1;/p-1/t15-,17+,18+,20+,21+,25+,26+,27+,28+;;/m1../s1. The molecule has 1 aromatic carbocycles. The number of thioether (sulfide) groups is 1. The van der Waals surface area contributed by atoms with Crippen LogP contribution >= 0.6 is 11.8 Å². The predicted octanol–water partition coefficient (Wildman–Crippen LogP) is 4.85. The molecular formula is C47H63BrF3NO9S. The van der Waals surface area contributed by atoms with E-state index >= 15 is 8.78 Å². The Kier molecular flexibility index (Phi) is 15.2. The fourth-order valence-corrected chi connectivity index (χ4v) is 12.9. The van der Waals surface area contributed by atoms with E-state index in [4.69, 9.17) is 14.2 Å². The smallest absolute Gasteiger partial charge is 0.343 e. The molecule has 10 nitrogen and oxygen atoms in total. The van der Waals surface area contributed by atoms with E-state index in [0.717, 1.165) is 55.8 Å². The molecule has 7 rings (SSSR count). The van der Waals surface area contributed by atoms with Crippen molar-refractivity contribution in [3.63, 3.8) is 0 Å². The van der Waals surface area contributed by atoms with E-state index in [0.29, 0.717) is 17.3 Å². The van der Waals surface area contributed by atoms with Crippen LogP contribution in [0, 0.1) is 34.5 Å². The minimum Gasteiger partial charge on any atom is -1.00 e. The van der Waals surface area contributed by atoms with Gasteiger partial charge in [0.1, 0.15) is 24.8 Å². The van der Waals surface area contributed by atoms with E-state index in [1.54, 1.807) is 27.7 Å². The summed E-state index contributed by atoms with van der Waals surface area (Å²) in [6, 6.07) is 8.29. The second-order valence-corrected chi connectivity index (χ2v) is 20.1. The number of carbonyl (C=O) groups is 5. The molecule has 1 aromatic rings. The van der Waals surface area contributed by atoms with Gasteiger partial charge in [0.25, 0.3) is 0 Å². The van der Waals surface area contributed by atoms with E-state index in [9.17, 15) is 33.5 Å². The first kappa shape index (κ1) is 50.0. The van der Waals surface area contributed by atoms with Gasteiger partial charge in [0.2, 0.25) is 5.12 Å². The molecule has 5 aliphatic carbocycles. The van der Waals surface area contributed by atoms with Crippen LogP contribution in [0.4, 0.5) is 13.2 Å². The van der Waals surface area contributed by atoms with E-state index in [2.05, 4.69) is 14.1 Å². The van der Waals surface area contributed by atoms with E-state index in [1.165, 1.54) is 19.1 Å². The molecule has 0 bridgehead atoms. The molecule has 0 spiro atoms. The lowest BCUT2D eigenvalue weighted by atomic mass is 9.44. The van der Waals surface area contributed by atoms with Crippen molar-refractivity contribution < 1.29 is 77.9 Å². The second kappa shape index (κ2) is 18.8. The predicted molar refractivity (Wildman–Crippen MR) is 224 cm³/mol. The van der Waals surface area contributed by atoms with Gasteiger partial charge in [-0.15, -0.1) is 0 Å². The molecule has 344 valence electrons. The van der Waals surface area contributed by atoms with Gasteiger partial charge in [-0.1, -0.05) is 76.9 Å². The van der Waals surface area contributed by atoms with Crippen molar-refractivity contribution in [2.75, 3.05) is 33.2 Å². The first-order chi connectivity index (χ1) is 28.7. The van der Waals surface area contributed by atoms with Crippen LogP contribution in [0.3, 0.4) is 0 Å². The molecule has 4 saturated carbocycles. The number of ether oxygens (including phenoxy) is 3. The summed E-state index contributed by atoms with van der Waals surface area (Å²) < 4.78 is 65.6. The number of nitrogens with zero attached hydrogens (tertiary/aromatic N) is 1. The molecule has 1 heterocycles. The van der Waals surface area contributed by atoms with E-state index in [1.807, 2.05) is 30.3 Å². The lowest BCUT2D eigenvalue weighted by Gasteiger charge is -2.63. The number of fused-ring (bicyclic) bond motifs is 5. The highest BCUT2D eigenvalue weighted by atomic mass is 79.9. The van der Waals surface area contributed by atoms with Crippen LogP contribution in [0.1, 0.15) is 104 Å². The normalized spacial score (nSPS) is 36.6. The third-order valence-electron chi connectivity index (χ3n) is 15.3. The Balaban J connectivity index is 0.000000258. The first-order valence-corrected chi connectivity index (χ1v) is 22.9. The molecule has 0 aromatic heterocycles. The number of ketones is 1. The van der Waals surface area contributed by atoms with Crippen molar-refractivity contribution in [1.29, 1.82) is 0 Å². The summed E-state index contributed by atoms with van der Waals surface area (Å²) in [6.45, 7) is 9.87. The second-order valence-electron chi connectivity index (χ2n) is 19.2. The largest absolute Gasteiger partial charge is 1.00 e. The highest BCUT2D eigenvalue weighted by molar-refractivity contribution is 8.13. The fourth-order valence-electron chi connectivity index (χ4n) is 12.1. The Morgan fingerprint density at radius 2 is 1.61 bits per heavy atom. The molecule has 2 unspecified atom stereocenters. The number of alkyl halides is 3. The number of carbonyl (C=O) groups excluding carboxylic acids is 5. The maximum atomic E-state index is 18.0. The number of hydrogen-bond donors (Lipinski definition) is 1. The maximum absolute atomic E-state index is 18.0. The zero-order valence-electron chi connectivity index (χ0n) is 36.9. The average molecular weight is 955 g/mol. The van der Waals surface area contributed by atoms with Crippen LogP contribution in [0.2, 0.25) is 0 Å². The number of halogens is 4. The summed E-state index contributed by atoms with van der Waals surface area (Å²) in [6.07, 6.45) is 4.95. The minimum absolute atomic E-state index is 0. The zero-order chi connectivity index (χ0) is 44.8. The summed E-state index contributed by atoms with van der Waals surface area (Å²) in [7, 11) is 4.29. The fraction of sp³-hybridized carbons (Fsp3) is 0.681. The summed E-state index contributed by atoms with van der Waals surface area (Å²) in [4.78, 5) is 64.0. The Labute approximate surface area is 378 Å². The van der Waals surface area contributed by atoms with Crippen molar-refractivity contribution >= 4 is 40.6 Å². The number of esters is 3. The van der Waals surface area contributed by atoms with Crippen molar-refractivity contribution in [3.8, 4) is 0 Å². The van der Waals surface area contributed by atoms with E-state index < -0.39 is 92.5 Å². The van der Waals surface area contributed by atoms with Crippen molar-refractivity contribution in [2.24, 2.45) is 34.5 Å². The lowest BCUT2D eigenvalue weighted by molar-refractivity contribution is -0.879. The van der Waals surface area contributed by atoms with Crippen molar-refractivity contribution in [3.05, 3.63) is 59.7 Å². The van der Waals surface area contributed by atoms with Gasteiger partial charge in [-0.25, -0.2) is 18.0 Å². The third-order valence-corrected chi connectivity index (χ3v) is 15.9. The average Bonchev–Trinajstić information content (AvgIpc) is 3.94. The molecular weight excluding hydrogens is 891 g/mol. The Morgan fingerprint density at radius 1 is 0.968 bits per heavy atom. The molecule has 1 N–H and O–H groups in total. The molecule has 0 radical (unpaired) electrons. The number of likely N-dealkylation sites (N-methyl/N-ethyl adjacent to an activating group) is 1. The van der Waals surface area contributed by atoms with Gasteiger partial charge >= 0.3 is 17.9 Å². The SMILES string of the molecule is CCC(=O)O[C@H]1C[C@@]2(C)[C@@H](C[C@@H](C)[C@]2(OC(=O)CC)C(=O)SCF)[C@@H]2C[C@H](F)C3=CC(=O)C=C[C@]3(C)[C@@]12F.C[N+]1(C)CCC(OC(=O)C(O)(c2ccccc2)C2CCCC2)C1.[Br-]. The quantitative estimate of drug-likeness (QED) is 0.197. The number of rotatable bonds is 10. The molecule has 6 aliphatic rings. The van der Waals surface area contributed by atoms with Gasteiger partial charge in [-0.05, 0) is 80.0 Å². The maximum Gasteiger partial charge on any atom is 0.343 e. The van der Waals surface area contributed by atoms with Gasteiger partial charge < -0.3 is 40.8 Å². The lowest BCUT2D eigenvalue weighted by Crippen LogP contribution is -3.00. The van der Waals surface area contributed by atoms with Crippen LogP contribution in [-0.2, 0) is 43.8 Å². The van der Waals surface area contributed by atoms with Gasteiger partial charge in [0.05, 0.1) is 20.6 Å². The molecule has 62 heavy (non-hydrogen) atoms. The van der Waals surface area contributed by atoms with Crippen LogP contribution in [0.25, 0.3) is 0 Å². The first-order valence-electron chi connectivity index (χ1n) is 21.9. The van der Waals surface area contributed by atoms with Crippen molar-refractivity contribution in [2.45, 2.75) is 134 Å². The highest BCUT2D eigenvalue weighted by Crippen LogP contribution is 2.72. The van der Waals surface area contributed by atoms with Crippen LogP contribution in [0.5, 0.6) is 0 Å². The Morgan fingerprint density at radius 3 is 2.19 bits per heavy atom. The minimum atomic E-state index is -2.31. The van der Waals surface area contributed by atoms with Gasteiger partial charge in [-0.3, -0.25) is 19.2 Å². The highest BCUT2D eigenvalue weighted by Gasteiger charge is 2.79. The zero-order valence-corrected chi connectivity index (χ0v) is 39.3. The van der Waals surface area contributed by atoms with Gasteiger partial charge in [-0.2, -0.15) is 0 Å². The molecule has 15 heteroatoms. The number of benzene rings is 1. The summed E-state index contributed by atoms with van der Waals surface area (Å²) in [5.41, 5.74) is -7.82. The van der Waals surface area contributed by atoms with Crippen molar-refractivity contribution in [1.82, 2.24) is 0 Å². The molecule has 0 amide bonds. The summed E-state index contributed by atoms with van der Waals surface area (Å²) in [5, 5.41) is 10.7. The van der Waals surface area contributed by atoms with Crippen LogP contribution in [-0.4, -0.2) is 101 Å². The van der Waals surface area contributed by atoms with E-state index in [-0.39, 0.29) is 66.7 Å². The number of aliphatic hydroxyl groups is 1.